The third kappa shape index (κ3) is 3.75. The molecule has 1 aromatic carbocycles. The minimum absolute atomic E-state index is 0.108. The van der Waals surface area contributed by atoms with Gasteiger partial charge in [-0.3, -0.25) is 10.3 Å². The van der Waals surface area contributed by atoms with Crippen LogP contribution in [0.5, 0.6) is 0 Å². The van der Waals surface area contributed by atoms with Crippen molar-refractivity contribution in [3.8, 4) is 0 Å². The summed E-state index contributed by atoms with van der Waals surface area (Å²) in [5, 5.41) is 7.39. The van der Waals surface area contributed by atoms with Gasteiger partial charge in [-0.05, 0) is 37.6 Å². The highest BCUT2D eigenvalue weighted by Gasteiger charge is 2.27. The highest BCUT2D eigenvalue weighted by atomic mass is 19.1. The molecule has 0 bridgehead atoms. The Labute approximate surface area is 112 Å². The first-order chi connectivity index (χ1) is 8.85. The van der Waals surface area contributed by atoms with Crippen molar-refractivity contribution in [1.29, 1.82) is 5.41 Å². The number of amidine groups is 1. The Morgan fingerprint density at radius 1 is 1.47 bits per heavy atom. The van der Waals surface area contributed by atoms with E-state index in [1.807, 2.05) is 13.8 Å². The molecule has 0 saturated carbocycles. The normalized spacial score (nSPS) is 19.3. The number of ether oxygens (including phenoxy) is 1. The highest BCUT2D eigenvalue weighted by Crippen LogP contribution is 2.19. The second-order valence-electron chi connectivity index (χ2n) is 5.58. The molecule has 1 aliphatic heterocycles. The molecule has 104 valence electrons. The van der Waals surface area contributed by atoms with Gasteiger partial charge in [0.2, 0.25) is 0 Å². The number of nitrogen functional groups attached to an aromatic ring is 1. The first kappa shape index (κ1) is 14.0. The van der Waals surface area contributed by atoms with Gasteiger partial charge in [0.05, 0.1) is 12.2 Å². The Bertz CT molecular complexity index is 488. The van der Waals surface area contributed by atoms with Crippen LogP contribution in [0.15, 0.2) is 18.2 Å². The molecule has 0 amide bonds. The van der Waals surface area contributed by atoms with E-state index in [1.165, 1.54) is 12.1 Å². The average Bonchev–Trinajstić information content (AvgIpc) is 2.26. The van der Waals surface area contributed by atoms with Crippen molar-refractivity contribution in [2.24, 2.45) is 5.73 Å². The largest absolute Gasteiger partial charge is 0.384 e. The summed E-state index contributed by atoms with van der Waals surface area (Å²) in [6.07, 6.45) is 0. The van der Waals surface area contributed by atoms with Gasteiger partial charge in [-0.25, -0.2) is 4.39 Å². The van der Waals surface area contributed by atoms with Crippen molar-refractivity contribution in [1.82, 2.24) is 4.90 Å². The van der Waals surface area contributed by atoms with E-state index in [9.17, 15) is 4.39 Å². The molecular weight excluding hydrogens is 245 g/mol. The molecule has 1 heterocycles. The summed E-state index contributed by atoms with van der Waals surface area (Å²) in [5.41, 5.74) is 6.51. The van der Waals surface area contributed by atoms with Crippen LogP contribution in [0.25, 0.3) is 0 Å². The Kier molecular flexibility index (Phi) is 3.87. The van der Waals surface area contributed by atoms with E-state index in [-0.39, 0.29) is 17.3 Å². The summed E-state index contributed by atoms with van der Waals surface area (Å²) in [4.78, 5) is 2.22. The fraction of sp³-hybridized carbons (Fsp3) is 0.500. The maximum Gasteiger partial charge on any atom is 0.124 e. The summed E-state index contributed by atoms with van der Waals surface area (Å²) in [6.45, 7) is 7.05. The third-order valence-corrected chi connectivity index (χ3v) is 3.18. The van der Waals surface area contributed by atoms with Gasteiger partial charge in [0.1, 0.15) is 11.7 Å². The number of nitrogens with zero attached hydrogens (tertiary/aromatic N) is 1. The molecule has 0 aromatic heterocycles. The number of nitrogens with one attached hydrogen (secondary N) is 1. The fourth-order valence-corrected chi connectivity index (χ4v) is 2.40. The molecule has 1 aromatic rings. The van der Waals surface area contributed by atoms with Gasteiger partial charge in [-0.2, -0.15) is 0 Å². The van der Waals surface area contributed by atoms with E-state index in [1.54, 1.807) is 6.07 Å². The van der Waals surface area contributed by atoms with E-state index in [2.05, 4.69) is 4.90 Å². The van der Waals surface area contributed by atoms with Crippen molar-refractivity contribution in [3.63, 3.8) is 0 Å². The lowest BCUT2D eigenvalue weighted by Gasteiger charge is -2.38. The quantitative estimate of drug-likeness (QED) is 0.646. The number of hydrogen-bond donors (Lipinski definition) is 2. The van der Waals surface area contributed by atoms with Crippen LogP contribution < -0.4 is 5.73 Å². The number of hydrogen-bond acceptors (Lipinski definition) is 3. The predicted molar refractivity (Wildman–Crippen MR) is 72.7 cm³/mol. The second-order valence-corrected chi connectivity index (χ2v) is 5.58. The van der Waals surface area contributed by atoms with Crippen molar-refractivity contribution < 1.29 is 9.13 Å². The topological polar surface area (TPSA) is 62.3 Å². The molecule has 2 rings (SSSR count). The fourth-order valence-electron chi connectivity index (χ4n) is 2.40. The monoisotopic (exact) mass is 265 g/mol. The molecule has 19 heavy (non-hydrogen) atoms. The Hall–Kier alpha value is -1.46. The summed E-state index contributed by atoms with van der Waals surface area (Å²) in [5.74, 6) is -0.460. The van der Waals surface area contributed by atoms with Gasteiger partial charge >= 0.3 is 0 Å². The Balaban J connectivity index is 2.12. The van der Waals surface area contributed by atoms with Crippen LogP contribution in [0, 0.1) is 11.2 Å². The Morgan fingerprint density at radius 2 is 2.21 bits per heavy atom. The lowest BCUT2D eigenvalue weighted by molar-refractivity contribution is -0.0882. The van der Waals surface area contributed by atoms with Gasteiger partial charge in [-0.1, -0.05) is 0 Å². The van der Waals surface area contributed by atoms with Crippen LogP contribution in [0.2, 0.25) is 0 Å². The average molecular weight is 265 g/mol. The second kappa shape index (κ2) is 5.27. The SMILES string of the molecule is CC1(C)CN(Cc2cc(F)cc(C(=N)N)c2)CCO1. The molecule has 5 heteroatoms. The van der Waals surface area contributed by atoms with Crippen molar-refractivity contribution in [2.75, 3.05) is 19.7 Å². The van der Waals surface area contributed by atoms with Gasteiger partial charge in [-0.15, -0.1) is 0 Å². The summed E-state index contributed by atoms with van der Waals surface area (Å²) >= 11 is 0. The number of benzene rings is 1. The molecule has 0 radical (unpaired) electrons. The van der Waals surface area contributed by atoms with E-state index >= 15 is 0 Å². The van der Waals surface area contributed by atoms with Crippen LogP contribution in [0.3, 0.4) is 0 Å². The van der Waals surface area contributed by atoms with Gasteiger partial charge in [0.15, 0.2) is 0 Å². The standard InChI is InChI=1S/C14H20FN3O/c1-14(2)9-18(3-4-19-14)8-10-5-11(13(16)17)7-12(15)6-10/h5-7H,3-4,8-9H2,1-2H3,(H3,16,17). The van der Waals surface area contributed by atoms with Gasteiger partial charge < -0.3 is 10.5 Å². The number of rotatable bonds is 3. The van der Waals surface area contributed by atoms with Crippen molar-refractivity contribution in [2.45, 2.75) is 26.0 Å². The molecule has 4 nitrogen and oxygen atoms in total. The molecule has 1 aliphatic rings. The van der Waals surface area contributed by atoms with Crippen molar-refractivity contribution >= 4 is 5.84 Å². The minimum atomic E-state index is -0.352. The minimum Gasteiger partial charge on any atom is -0.384 e. The predicted octanol–water partition coefficient (Wildman–Crippen LogP) is 1.72. The van der Waals surface area contributed by atoms with E-state index < -0.39 is 0 Å². The zero-order chi connectivity index (χ0) is 14.0. The van der Waals surface area contributed by atoms with Crippen LogP contribution in [-0.4, -0.2) is 36.0 Å². The van der Waals surface area contributed by atoms with Crippen molar-refractivity contribution in [3.05, 3.63) is 35.1 Å². The maximum absolute atomic E-state index is 13.5. The first-order valence-corrected chi connectivity index (χ1v) is 6.36. The number of nitrogens with two attached hydrogens (primary N) is 1. The van der Waals surface area contributed by atoms with E-state index in [0.29, 0.717) is 18.7 Å². The van der Waals surface area contributed by atoms with Gasteiger partial charge in [0, 0.05) is 25.2 Å². The first-order valence-electron chi connectivity index (χ1n) is 6.36. The molecule has 1 saturated heterocycles. The lowest BCUT2D eigenvalue weighted by atomic mass is 10.1. The van der Waals surface area contributed by atoms with E-state index in [4.69, 9.17) is 15.9 Å². The zero-order valence-corrected chi connectivity index (χ0v) is 11.4. The zero-order valence-electron chi connectivity index (χ0n) is 11.4. The molecule has 0 atom stereocenters. The van der Waals surface area contributed by atoms with Crippen LogP contribution in [0.4, 0.5) is 4.39 Å². The molecule has 0 unspecified atom stereocenters. The summed E-state index contributed by atoms with van der Waals surface area (Å²) in [7, 11) is 0. The molecule has 0 aliphatic carbocycles. The smallest absolute Gasteiger partial charge is 0.124 e. The van der Waals surface area contributed by atoms with E-state index in [0.717, 1.165) is 18.7 Å². The molecule has 3 N–H and O–H groups in total. The number of morpholine rings is 1. The highest BCUT2D eigenvalue weighted by molar-refractivity contribution is 5.95. The van der Waals surface area contributed by atoms with Crippen LogP contribution in [0.1, 0.15) is 25.0 Å². The molecular formula is C14H20FN3O. The maximum atomic E-state index is 13.5. The lowest BCUT2D eigenvalue weighted by Crippen LogP contribution is -2.47. The number of halogens is 1. The molecule has 0 spiro atoms. The third-order valence-electron chi connectivity index (χ3n) is 3.18. The van der Waals surface area contributed by atoms with Gasteiger partial charge in [0.25, 0.3) is 0 Å². The van der Waals surface area contributed by atoms with Crippen LogP contribution >= 0.6 is 0 Å². The Morgan fingerprint density at radius 3 is 2.84 bits per heavy atom. The summed E-state index contributed by atoms with van der Waals surface area (Å²) in [6, 6.07) is 4.55. The molecule has 1 fully saturated rings. The summed E-state index contributed by atoms with van der Waals surface area (Å²) < 4.78 is 19.1. The van der Waals surface area contributed by atoms with Crippen LogP contribution in [-0.2, 0) is 11.3 Å².